The van der Waals surface area contributed by atoms with E-state index >= 15 is 0 Å². The maximum Gasteiger partial charge on any atom is 0.0269 e. The fourth-order valence-electron chi connectivity index (χ4n) is 1.98. The summed E-state index contributed by atoms with van der Waals surface area (Å²) in [7, 11) is 0. The molecule has 1 aliphatic heterocycles. The van der Waals surface area contributed by atoms with Gasteiger partial charge in [0.05, 0.1) is 0 Å². The zero-order valence-corrected chi connectivity index (χ0v) is 8.09. The Hall–Kier alpha value is -0.0800. The molecule has 1 fully saturated rings. The Morgan fingerprint density at radius 3 is 2.18 bits per heavy atom. The van der Waals surface area contributed by atoms with Crippen molar-refractivity contribution in [2.45, 2.75) is 40.2 Å². The average Bonchev–Trinajstić information content (AvgIpc) is 2.05. The van der Waals surface area contributed by atoms with E-state index in [4.69, 9.17) is 5.84 Å². The number of hydrogen-bond acceptors (Lipinski definition) is 2. The highest BCUT2D eigenvalue weighted by Crippen LogP contribution is 2.34. The van der Waals surface area contributed by atoms with Crippen LogP contribution in [0.1, 0.15) is 34.1 Å². The molecule has 1 saturated heterocycles. The quantitative estimate of drug-likeness (QED) is 0.584. The second-order valence-electron chi connectivity index (χ2n) is 4.85. The molecule has 2 heteroatoms. The number of hydrogen-bond donors (Lipinski definition) is 1. The van der Waals surface area contributed by atoms with Crippen LogP contribution in [0, 0.1) is 11.3 Å². The third-order valence-electron chi connectivity index (χ3n) is 2.57. The molecule has 0 bridgehead atoms. The molecule has 0 amide bonds. The van der Waals surface area contributed by atoms with Gasteiger partial charge in [-0.2, -0.15) is 0 Å². The fourth-order valence-corrected chi connectivity index (χ4v) is 1.98. The third kappa shape index (κ3) is 1.94. The van der Waals surface area contributed by atoms with E-state index in [1.165, 1.54) is 6.42 Å². The van der Waals surface area contributed by atoms with Crippen molar-refractivity contribution in [3.05, 3.63) is 0 Å². The predicted octanol–water partition coefficient (Wildman–Crippen LogP) is 1.62. The lowest BCUT2D eigenvalue weighted by molar-refractivity contribution is 0.208. The molecule has 11 heavy (non-hydrogen) atoms. The van der Waals surface area contributed by atoms with Gasteiger partial charge in [0, 0.05) is 12.6 Å². The SMILES string of the molecule is CC(C)[C@@H]1CC(C)(C)CN1N. The molecule has 0 aromatic carbocycles. The summed E-state index contributed by atoms with van der Waals surface area (Å²) in [6.07, 6.45) is 1.24. The first-order valence-corrected chi connectivity index (χ1v) is 4.44. The zero-order chi connectivity index (χ0) is 8.65. The lowest BCUT2D eigenvalue weighted by Crippen LogP contribution is -2.39. The first-order chi connectivity index (χ1) is 4.92. The van der Waals surface area contributed by atoms with Crippen LogP contribution < -0.4 is 5.84 Å². The second-order valence-corrected chi connectivity index (χ2v) is 4.85. The Kier molecular flexibility index (Phi) is 2.26. The summed E-state index contributed by atoms with van der Waals surface area (Å²) in [5.41, 5.74) is 0.420. The summed E-state index contributed by atoms with van der Waals surface area (Å²) < 4.78 is 0. The van der Waals surface area contributed by atoms with Gasteiger partial charge in [-0.25, -0.2) is 5.01 Å². The molecule has 2 N–H and O–H groups in total. The maximum atomic E-state index is 5.89. The number of nitrogens with zero attached hydrogens (tertiary/aromatic N) is 1. The summed E-state index contributed by atoms with van der Waals surface area (Å²) in [5, 5.41) is 2.00. The van der Waals surface area contributed by atoms with Crippen molar-refractivity contribution < 1.29 is 0 Å². The summed E-state index contributed by atoms with van der Waals surface area (Å²) >= 11 is 0. The molecule has 0 aromatic heterocycles. The number of nitrogens with two attached hydrogens (primary N) is 1. The van der Waals surface area contributed by atoms with Gasteiger partial charge in [0.1, 0.15) is 0 Å². The van der Waals surface area contributed by atoms with E-state index in [0.717, 1.165) is 6.54 Å². The van der Waals surface area contributed by atoms with Crippen molar-refractivity contribution in [1.82, 2.24) is 5.01 Å². The Bertz CT molecular complexity index is 140. The van der Waals surface area contributed by atoms with Gasteiger partial charge in [0.2, 0.25) is 0 Å². The molecule has 0 aliphatic carbocycles. The predicted molar refractivity (Wildman–Crippen MR) is 47.9 cm³/mol. The third-order valence-corrected chi connectivity index (χ3v) is 2.57. The Morgan fingerprint density at radius 1 is 1.45 bits per heavy atom. The van der Waals surface area contributed by atoms with Crippen molar-refractivity contribution in [2.75, 3.05) is 6.54 Å². The van der Waals surface area contributed by atoms with E-state index in [1.807, 2.05) is 5.01 Å². The molecular weight excluding hydrogens is 136 g/mol. The lowest BCUT2D eigenvalue weighted by Gasteiger charge is -2.21. The van der Waals surface area contributed by atoms with Crippen molar-refractivity contribution in [1.29, 1.82) is 0 Å². The Balaban J connectivity index is 2.59. The van der Waals surface area contributed by atoms with Crippen LogP contribution in [0.3, 0.4) is 0 Å². The minimum Gasteiger partial charge on any atom is -0.269 e. The minimum atomic E-state index is 0.420. The molecule has 1 atom stereocenters. The normalized spacial score (nSPS) is 31.6. The van der Waals surface area contributed by atoms with E-state index in [2.05, 4.69) is 27.7 Å². The van der Waals surface area contributed by atoms with Crippen LogP contribution in [-0.4, -0.2) is 17.6 Å². The molecule has 2 nitrogen and oxygen atoms in total. The lowest BCUT2D eigenvalue weighted by atomic mass is 9.88. The van der Waals surface area contributed by atoms with E-state index in [0.29, 0.717) is 17.4 Å². The molecule has 1 rings (SSSR count). The maximum absolute atomic E-state index is 5.89. The van der Waals surface area contributed by atoms with E-state index in [9.17, 15) is 0 Å². The Labute approximate surface area is 69.7 Å². The fraction of sp³-hybridized carbons (Fsp3) is 1.00. The highest BCUT2D eigenvalue weighted by molar-refractivity contribution is 4.89. The molecule has 0 radical (unpaired) electrons. The van der Waals surface area contributed by atoms with Crippen LogP contribution in [0.4, 0.5) is 0 Å². The average molecular weight is 156 g/mol. The summed E-state index contributed by atoms with van der Waals surface area (Å²) in [6, 6.07) is 0.588. The molecule has 0 spiro atoms. The highest BCUT2D eigenvalue weighted by Gasteiger charge is 2.36. The van der Waals surface area contributed by atoms with Crippen LogP contribution in [-0.2, 0) is 0 Å². The summed E-state index contributed by atoms with van der Waals surface area (Å²) in [5.74, 6) is 6.57. The van der Waals surface area contributed by atoms with Gasteiger partial charge in [-0.15, -0.1) is 0 Å². The van der Waals surface area contributed by atoms with Gasteiger partial charge >= 0.3 is 0 Å². The van der Waals surface area contributed by atoms with Crippen LogP contribution in [0.25, 0.3) is 0 Å². The molecule has 0 aromatic rings. The van der Waals surface area contributed by atoms with Crippen LogP contribution >= 0.6 is 0 Å². The van der Waals surface area contributed by atoms with E-state index < -0.39 is 0 Å². The largest absolute Gasteiger partial charge is 0.269 e. The summed E-state index contributed by atoms with van der Waals surface area (Å²) in [4.78, 5) is 0. The van der Waals surface area contributed by atoms with Crippen molar-refractivity contribution in [3.8, 4) is 0 Å². The number of hydrazine groups is 1. The topological polar surface area (TPSA) is 29.3 Å². The van der Waals surface area contributed by atoms with Gasteiger partial charge in [-0.1, -0.05) is 27.7 Å². The van der Waals surface area contributed by atoms with E-state index in [-0.39, 0.29) is 0 Å². The van der Waals surface area contributed by atoms with Gasteiger partial charge in [-0.05, 0) is 17.8 Å². The monoisotopic (exact) mass is 156 g/mol. The highest BCUT2D eigenvalue weighted by atomic mass is 15.4. The number of rotatable bonds is 1. The van der Waals surface area contributed by atoms with Gasteiger partial charge in [0.15, 0.2) is 0 Å². The van der Waals surface area contributed by atoms with Crippen LogP contribution in [0.15, 0.2) is 0 Å². The second kappa shape index (κ2) is 2.76. The smallest absolute Gasteiger partial charge is 0.0269 e. The zero-order valence-electron chi connectivity index (χ0n) is 8.09. The molecule has 1 heterocycles. The van der Waals surface area contributed by atoms with Gasteiger partial charge < -0.3 is 0 Å². The van der Waals surface area contributed by atoms with Crippen LogP contribution in [0.2, 0.25) is 0 Å². The molecule has 0 saturated carbocycles. The first kappa shape index (κ1) is 9.01. The molecule has 1 aliphatic rings. The van der Waals surface area contributed by atoms with Gasteiger partial charge in [0.25, 0.3) is 0 Å². The van der Waals surface area contributed by atoms with E-state index in [1.54, 1.807) is 0 Å². The molecule has 0 unspecified atom stereocenters. The Morgan fingerprint density at radius 2 is 2.00 bits per heavy atom. The standard InChI is InChI=1S/C9H20N2/c1-7(2)8-5-9(3,4)6-11(8)10/h7-8H,5-6,10H2,1-4H3/t8-/m0/s1. The van der Waals surface area contributed by atoms with Gasteiger partial charge in [-0.3, -0.25) is 5.84 Å². The van der Waals surface area contributed by atoms with Crippen LogP contribution in [0.5, 0.6) is 0 Å². The first-order valence-electron chi connectivity index (χ1n) is 4.44. The molecule has 66 valence electrons. The summed E-state index contributed by atoms with van der Waals surface area (Å²) in [6.45, 7) is 10.1. The minimum absolute atomic E-state index is 0.420. The van der Waals surface area contributed by atoms with Crippen molar-refractivity contribution in [3.63, 3.8) is 0 Å². The molecular formula is C9H20N2. The van der Waals surface area contributed by atoms with Crippen molar-refractivity contribution in [2.24, 2.45) is 17.2 Å². The van der Waals surface area contributed by atoms with Crippen molar-refractivity contribution >= 4 is 0 Å².